The topological polar surface area (TPSA) is 122 Å². The maximum atomic E-state index is 13.3. The SMILES string of the molecule is O=C(Cn1cnc2ccc(F)cc2c1=O)NNC(=O)C(=O)NC1CC1. The average molecular weight is 347 g/mol. The van der Waals surface area contributed by atoms with Crippen LogP contribution in [-0.4, -0.2) is 33.3 Å². The van der Waals surface area contributed by atoms with Crippen LogP contribution >= 0.6 is 0 Å². The molecule has 1 aromatic carbocycles. The summed E-state index contributed by atoms with van der Waals surface area (Å²) >= 11 is 0. The summed E-state index contributed by atoms with van der Waals surface area (Å²) in [4.78, 5) is 50.9. The van der Waals surface area contributed by atoms with Crippen LogP contribution in [0, 0.1) is 5.82 Å². The third-order valence-corrected chi connectivity index (χ3v) is 3.53. The Labute approximate surface area is 140 Å². The standard InChI is InChI=1S/C15H14FN5O4/c16-8-1-4-11-10(5-8)15(25)21(7-17-11)6-12(22)19-20-14(24)13(23)18-9-2-3-9/h1,4-5,7,9H,2-3,6H2,(H,18,23)(H,19,22)(H,20,24). The summed E-state index contributed by atoms with van der Waals surface area (Å²) < 4.78 is 14.2. The molecular weight excluding hydrogens is 333 g/mol. The summed E-state index contributed by atoms with van der Waals surface area (Å²) in [5.41, 5.74) is 3.69. The Morgan fingerprint density at radius 3 is 2.68 bits per heavy atom. The van der Waals surface area contributed by atoms with E-state index >= 15 is 0 Å². The van der Waals surface area contributed by atoms with Crippen LogP contribution in [0.2, 0.25) is 0 Å². The van der Waals surface area contributed by atoms with E-state index in [1.54, 1.807) is 0 Å². The van der Waals surface area contributed by atoms with Crippen LogP contribution in [0.15, 0.2) is 29.3 Å². The highest BCUT2D eigenvalue weighted by molar-refractivity contribution is 6.35. The van der Waals surface area contributed by atoms with Gasteiger partial charge in [0.05, 0.1) is 17.2 Å². The lowest BCUT2D eigenvalue weighted by atomic mass is 10.2. The van der Waals surface area contributed by atoms with Gasteiger partial charge >= 0.3 is 11.8 Å². The number of nitrogens with zero attached hydrogens (tertiary/aromatic N) is 2. The number of rotatable bonds is 3. The van der Waals surface area contributed by atoms with E-state index < -0.39 is 35.6 Å². The first-order valence-electron chi connectivity index (χ1n) is 7.48. The number of hydrazine groups is 1. The van der Waals surface area contributed by atoms with Crippen LogP contribution in [0.1, 0.15) is 12.8 Å². The van der Waals surface area contributed by atoms with E-state index in [-0.39, 0.29) is 11.4 Å². The highest BCUT2D eigenvalue weighted by atomic mass is 19.1. The number of amides is 3. The highest BCUT2D eigenvalue weighted by Crippen LogP contribution is 2.18. The van der Waals surface area contributed by atoms with Gasteiger partial charge in [0, 0.05) is 6.04 Å². The van der Waals surface area contributed by atoms with Crippen molar-refractivity contribution < 1.29 is 18.8 Å². The van der Waals surface area contributed by atoms with Gasteiger partial charge in [-0.25, -0.2) is 9.37 Å². The molecule has 3 N–H and O–H groups in total. The van der Waals surface area contributed by atoms with E-state index in [1.165, 1.54) is 12.1 Å². The van der Waals surface area contributed by atoms with Crippen LogP contribution in [0.4, 0.5) is 4.39 Å². The molecule has 1 fully saturated rings. The van der Waals surface area contributed by atoms with Gasteiger partial charge in [-0.1, -0.05) is 0 Å². The monoisotopic (exact) mass is 347 g/mol. The van der Waals surface area contributed by atoms with E-state index in [2.05, 4.69) is 10.3 Å². The molecule has 1 aliphatic rings. The van der Waals surface area contributed by atoms with E-state index in [9.17, 15) is 23.6 Å². The Morgan fingerprint density at radius 1 is 1.20 bits per heavy atom. The van der Waals surface area contributed by atoms with Gasteiger partial charge < -0.3 is 5.32 Å². The molecule has 0 atom stereocenters. The lowest BCUT2D eigenvalue weighted by Crippen LogP contribution is -2.50. The third-order valence-electron chi connectivity index (χ3n) is 3.53. The second-order valence-electron chi connectivity index (χ2n) is 5.59. The Balaban J connectivity index is 1.61. The maximum Gasteiger partial charge on any atom is 0.327 e. The zero-order chi connectivity index (χ0) is 18.0. The molecule has 1 saturated carbocycles. The fourth-order valence-electron chi connectivity index (χ4n) is 2.10. The first-order valence-corrected chi connectivity index (χ1v) is 7.48. The average Bonchev–Trinajstić information content (AvgIpc) is 3.39. The summed E-state index contributed by atoms with van der Waals surface area (Å²) in [5, 5.41) is 2.49. The zero-order valence-electron chi connectivity index (χ0n) is 12.9. The van der Waals surface area contributed by atoms with Gasteiger partial charge in [0.25, 0.3) is 11.5 Å². The molecule has 0 bridgehead atoms. The van der Waals surface area contributed by atoms with Gasteiger partial charge in [0.2, 0.25) is 0 Å². The Morgan fingerprint density at radius 2 is 1.96 bits per heavy atom. The van der Waals surface area contributed by atoms with Crippen molar-refractivity contribution in [3.05, 3.63) is 40.7 Å². The summed E-state index contributed by atoms with van der Waals surface area (Å²) in [6, 6.07) is 3.57. The van der Waals surface area contributed by atoms with Crippen LogP contribution in [0.25, 0.3) is 10.9 Å². The van der Waals surface area contributed by atoms with Crippen molar-refractivity contribution in [2.45, 2.75) is 25.4 Å². The van der Waals surface area contributed by atoms with Gasteiger partial charge in [0.15, 0.2) is 0 Å². The number of benzene rings is 1. The second-order valence-corrected chi connectivity index (χ2v) is 5.59. The molecule has 3 amide bonds. The molecule has 1 heterocycles. The highest BCUT2D eigenvalue weighted by Gasteiger charge is 2.26. The fraction of sp³-hybridized carbons (Fsp3) is 0.267. The number of carbonyl (C=O) groups excluding carboxylic acids is 3. The molecule has 10 heteroatoms. The zero-order valence-corrected chi connectivity index (χ0v) is 12.9. The largest absolute Gasteiger partial charge is 0.345 e. The van der Waals surface area contributed by atoms with E-state index in [0.29, 0.717) is 5.52 Å². The van der Waals surface area contributed by atoms with Gasteiger partial charge in [-0.15, -0.1) is 0 Å². The molecule has 130 valence electrons. The third kappa shape index (κ3) is 3.97. The molecule has 9 nitrogen and oxygen atoms in total. The molecule has 0 radical (unpaired) electrons. The van der Waals surface area contributed by atoms with Gasteiger partial charge in [-0.05, 0) is 31.0 Å². The van der Waals surface area contributed by atoms with Crippen molar-refractivity contribution >= 4 is 28.6 Å². The van der Waals surface area contributed by atoms with Crippen molar-refractivity contribution in [1.82, 2.24) is 25.7 Å². The van der Waals surface area contributed by atoms with Crippen LogP contribution in [0.3, 0.4) is 0 Å². The van der Waals surface area contributed by atoms with Crippen molar-refractivity contribution in [3.63, 3.8) is 0 Å². The molecule has 25 heavy (non-hydrogen) atoms. The lowest BCUT2D eigenvalue weighted by molar-refractivity contribution is -0.141. The molecule has 1 aromatic heterocycles. The molecule has 3 rings (SSSR count). The molecular formula is C15H14FN5O4. The van der Waals surface area contributed by atoms with Gasteiger partial charge in [-0.3, -0.25) is 34.6 Å². The van der Waals surface area contributed by atoms with Gasteiger partial charge in [-0.2, -0.15) is 0 Å². The van der Waals surface area contributed by atoms with E-state index in [1.807, 2.05) is 10.9 Å². The Hall–Kier alpha value is -3.30. The van der Waals surface area contributed by atoms with Crippen molar-refractivity contribution in [3.8, 4) is 0 Å². The lowest BCUT2D eigenvalue weighted by Gasteiger charge is -2.09. The van der Waals surface area contributed by atoms with Gasteiger partial charge in [0.1, 0.15) is 12.4 Å². The number of aromatic nitrogens is 2. The van der Waals surface area contributed by atoms with Crippen LogP contribution < -0.4 is 21.7 Å². The Bertz CT molecular complexity index is 922. The first-order chi connectivity index (χ1) is 11.9. The second kappa shape index (κ2) is 6.67. The predicted molar refractivity (Wildman–Crippen MR) is 83.4 cm³/mol. The molecule has 0 aliphatic heterocycles. The number of halogens is 1. The van der Waals surface area contributed by atoms with Crippen LogP contribution in [-0.2, 0) is 20.9 Å². The predicted octanol–water partition coefficient (Wildman–Crippen LogP) is -1.04. The quantitative estimate of drug-likeness (QED) is 0.484. The number of hydrogen-bond donors (Lipinski definition) is 3. The van der Waals surface area contributed by atoms with E-state index in [4.69, 9.17) is 0 Å². The molecule has 2 aromatic rings. The first kappa shape index (κ1) is 16.6. The van der Waals surface area contributed by atoms with E-state index in [0.717, 1.165) is 29.8 Å². The smallest absolute Gasteiger partial charge is 0.327 e. The van der Waals surface area contributed by atoms with Crippen LogP contribution in [0.5, 0.6) is 0 Å². The minimum Gasteiger partial charge on any atom is -0.345 e. The molecule has 0 unspecified atom stereocenters. The summed E-state index contributed by atoms with van der Waals surface area (Å²) in [6.07, 6.45) is 2.79. The molecule has 0 spiro atoms. The Kier molecular flexibility index (Phi) is 4.42. The van der Waals surface area contributed by atoms with Crippen molar-refractivity contribution in [1.29, 1.82) is 0 Å². The maximum absolute atomic E-state index is 13.3. The normalized spacial score (nSPS) is 13.3. The number of nitrogens with one attached hydrogen (secondary N) is 3. The number of fused-ring (bicyclic) bond motifs is 1. The number of hydrogen-bond acceptors (Lipinski definition) is 5. The number of carbonyl (C=O) groups is 3. The van der Waals surface area contributed by atoms with Crippen molar-refractivity contribution in [2.24, 2.45) is 0 Å². The van der Waals surface area contributed by atoms with Crippen molar-refractivity contribution in [2.75, 3.05) is 0 Å². The minimum absolute atomic E-state index is 0.0107. The molecule has 1 aliphatic carbocycles. The minimum atomic E-state index is -1.01. The fourth-order valence-corrected chi connectivity index (χ4v) is 2.10. The summed E-state index contributed by atoms with van der Waals surface area (Å²) in [6.45, 7) is -0.456. The summed E-state index contributed by atoms with van der Waals surface area (Å²) in [5.74, 6) is -3.19. The molecule has 0 saturated heterocycles. The summed E-state index contributed by atoms with van der Waals surface area (Å²) in [7, 11) is 0.